The first kappa shape index (κ1) is 32.5. The maximum atomic E-state index is 7.03. The highest BCUT2D eigenvalue weighted by Crippen LogP contribution is 2.48. The van der Waals surface area contributed by atoms with Crippen molar-refractivity contribution in [3.05, 3.63) is 176 Å². The molecule has 0 atom stereocenters. The van der Waals surface area contributed by atoms with Crippen molar-refractivity contribution < 1.29 is 9.31 Å². The first-order valence-corrected chi connectivity index (χ1v) is 22.3. The molecule has 61 heavy (non-hydrogen) atoms. The minimum absolute atomic E-state index is 0.604. The quantitative estimate of drug-likeness (QED) is 0.163. The van der Waals surface area contributed by atoms with E-state index in [2.05, 4.69) is 179 Å². The highest BCUT2D eigenvalue weighted by molar-refractivity contribution is 7.26. The van der Waals surface area contributed by atoms with Crippen LogP contribution >= 0.6 is 22.7 Å². The number of rotatable bonds is 2. The molecule has 13 aromatic rings. The van der Waals surface area contributed by atoms with Crippen molar-refractivity contribution in [2.45, 2.75) is 0 Å². The fraction of sp³-hybridized carbons (Fsp3) is 0. The van der Waals surface area contributed by atoms with Crippen molar-refractivity contribution in [2.24, 2.45) is 0 Å². The fourth-order valence-corrected chi connectivity index (χ4v) is 12.9. The molecule has 0 N–H and O–H groups in total. The standard InChI is InChI=1S/C54H29BN2O2S2/c1-6-16-42-32(11-1)36-23-25-48-50(38-14-4-9-19-46(38)60-48)53(36)56(42)30-21-22-35-41-28-31(27-40-34-13-3-8-18-44(34)58-55(52(40)41)59-45(35)29-30)57-43-17-7-2-12-33(43)37-24-26-49-51(54(37)57)39-15-5-10-20-47(39)61-49/h1-29H. The molecule has 0 radical (unpaired) electrons. The van der Waals surface area contributed by atoms with Crippen LogP contribution in [0.15, 0.2) is 176 Å². The average molecular weight is 813 g/mol. The van der Waals surface area contributed by atoms with Gasteiger partial charge in [-0.05, 0) is 77.9 Å². The van der Waals surface area contributed by atoms with Crippen LogP contribution in [0, 0.1) is 0 Å². The van der Waals surface area contributed by atoms with Crippen LogP contribution in [0.25, 0.3) is 118 Å². The summed E-state index contributed by atoms with van der Waals surface area (Å²) in [6.07, 6.45) is 0. The second-order valence-corrected chi connectivity index (χ2v) is 18.4. The summed E-state index contributed by atoms with van der Waals surface area (Å²) >= 11 is 3.72. The Kier molecular flexibility index (Phi) is 6.24. The van der Waals surface area contributed by atoms with E-state index in [-0.39, 0.29) is 0 Å². The molecule has 0 saturated carbocycles. The van der Waals surface area contributed by atoms with E-state index >= 15 is 0 Å². The summed E-state index contributed by atoms with van der Waals surface area (Å²) < 4.78 is 24.0. The summed E-state index contributed by atoms with van der Waals surface area (Å²) in [6, 6.07) is 64.4. The van der Waals surface area contributed by atoms with E-state index in [1.54, 1.807) is 0 Å². The molecule has 4 nitrogen and oxygen atoms in total. The highest BCUT2D eigenvalue weighted by atomic mass is 32.1. The summed E-state index contributed by atoms with van der Waals surface area (Å²) in [5.41, 5.74) is 12.4. The van der Waals surface area contributed by atoms with E-state index in [0.29, 0.717) is 0 Å². The monoisotopic (exact) mass is 812 g/mol. The third-order valence-corrected chi connectivity index (χ3v) is 15.4. The minimum Gasteiger partial charge on any atom is -0.521 e. The molecule has 0 unspecified atom stereocenters. The van der Waals surface area contributed by atoms with Gasteiger partial charge in [-0.2, -0.15) is 0 Å². The molecule has 4 aromatic heterocycles. The van der Waals surface area contributed by atoms with E-state index < -0.39 is 7.12 Å². The molecule has 0 spiro atoms. The van der Waals surface area contributed by atoms with Crippen LogP contribution in [0.2, 0.25) is 0 Å². The molecule has 2 aliphatic heterocycles. The van der Waals surface area contributed by atoms with Crippen molar-refractivity contribution in [2.75, 3.05) is 0 Å². The first-order chi connectivity index (χ1) is 30.2. The number of thiophene rings is 2. The normalized spacial score (nSPS) is 13.1. The molecule has 7 heteroatoms. The number of para-hydroxylation sites is 3. The smallest absolute Gasteiger partial charge is 0.521 e. The number of hydrogen-bond acceptors (Lipinski definition) is 4. The van der Waals surface area contributed by atoms with E-state index in [4.69, 9.17) is 9.31 Å². The Morgan fingerprint density at radius 3 is 1.51 bits per heavy atom. The van der Waals surface area contributed by atoms with Crippen LogP contribution in [0.1, 0.15) is 0 Å². The van der Waals surface area contributed by atoms with Crippen molar-refractivity contribution >= 4 is 119 Å². The van der Waals surface area contributed by atoms with Gasteiger partial charge in [0.15, 0.2) is 0 Å². The molecule has 6 heterocycles. The SMILES string of the molecule is c1ccc2c(c1)OB1Oc3cc(-n4c5ccccc5c5ccc6sc7ccccc7c6c54)ccc3-c3cc(-n4c5ccccc5c5ccc6sc7ccccc7c6c54)cc-2c31. The largest absolute Gasteiger partial charge is 0.633 e. The van der Waals surface area contributed by atoms with Crippen molar-refractivity contribution in [3.63, 3.8) is 0 Å². The summed E-state index contributed by atoms with van der Waals surface area (Å²) in [6.45, 7) is 0. The van der Waals surface area contributed by atoms with Crippen LogP contribution in [0.4, 0.5) is 0 Å². The molecule has 0 saturated heterocycles. The average Bonchev–Trinajstić information content (AvgIpc) is 4.06. The number of nitrogens with zero attached hydrogens (tertiary/aromatic N) is 2. The molecule has 0 fully saturated rings. The Morgan fingerprint density at radius 2 is 0.869 bits per heavy atom. The second kappa shape index (κ2) is 11.7. The third-order valence-electron chi connectivity index (χ3n) is 13.2. The summed E-state index contributed by atoms with van der Waals surface area (Å²) in [5, 5.41) is 10.1. The number of fused-ring (bicyclic) bond motifs is 18. The molecular weight excluding hydrogens is 784 g/mol. The molecule has 282 valence electrons. The Labute approximate surface area is 356 Å². The molecule has 2 aliphatic rings. The second-order valence-electron chi connectivity index (χ2n) is 16.3. The predicted molar refractivity (Wildman–Crippen MR) is 258 cm³/mol. The maximum absolute atomic E-state index is 7.03. The summed E-state index contributed by atoms with van der Waals surface area (Å²) in [5.74, 6) is 1.63. The third kappa shape index (κ3) is 4.24. The lowest BCUT2D eigenvalue weighted by Crippen LogP contribution is -2.49. The van der Waals surface area contributed by atoms with Gasteiger partial charge in [0.05, 0.1) is 22.1 Å². The van der Waals surface area contributed by atoms with E-state index in [1.165, 1.54) is 84.0 Å². The minimum atomic E-state index is -0.604. The van der Waals surface area contributed by atoms with Gasteiger partial charge in [0.25, 0.3) is 0 Å². The van der Waals surface area contributed by atoms with Crippen LogP contribution in [-0.4, -0.2) is 16.3 Å². The van der Waals surface area contributed by atoms with E-state index in [1.807, 2.05) is 28.7 Å². The Hall–Kier alpha value is -7.32. The zero-order chi connectivity index (χ0) is 39.5. The molecule has 0 aliphatic carbocycles. The summed E-state index contributed by atoms with van der Waals surface area (Å²) in [7, 11) is -0.604. The molecule has 15 rings (SSSR count). The van der Waals surface area contributed by atoms with Gasteiger partial charge < -0.3 is 18.4 Å². The van der Waals surface area contributed by atoms with Gasteiger partial charge in [0.1, 0.15) is 11.5 Å². The lowest BCUT2D eigenvalue weighted by molar-refractivity contribution is 0.436. The first-order valence-electron chi connectivity index (χ1n) is 20.7. The number of aromatic nitrogens is 2. The Bertz CT molecular complexity index is 4090. The lowest BCUT2D eigenvalue weighted by Gasteiger charge is -2.33. The van der Waals surface area contributed by atoms with Crippen LogP contribution < -0.4 is 14.8 Å². The Morgan fingerprint density at radius 1 is 0.361 bits per heavy atom. The lowest BCUT2D eigenvalue weighted by atomic mass is 9.66. The number of benzene rings is 9. The molecule has 9 aromatic carbocycles. The molecular formula is C54H29BN2O2S2. The highest BCUT2D eigenvalue weighted by Gasteiger charge is 2.42. The fourth-order valence-electron chi connectivity index (χ4n) is 10.7. The van der Waals surface area contributed by atoms with Gasteiger partial charge in [0.2, 0.25) is 0 Å². The van der Waals surface area contributed by atoms with Crippen LogP contribution in [0.3, 0.4) is 0 Å². The van der Waals surface area contributed by atoms with Gasteiger partial charge in [-0.1, -0.05) is 103 Å². The van der Waals surface area contributed by atoms with Gasteiger partial charge in [-0.25, -0.2) is 0 Å². The Balaban J connectivity index is 1.03. The van der Waals surface area contributed by atoms with Gasteiger partial charge in [-0.15, -0.1) is 22.7 Å². The molecule has 0 amide bonds. The zero-order valence-electron chi connectivity index (χ0n) is 32.3. The summed E-state index contributed by atoms with van der Waals surface area (Å²) in [4.78, 5) is 0. The zero-order valence-corrected chi connectivity index (χ0v) is 34.0. The van der Waals surface area contributed by atoms with Crippen LogP contribution in [0.5, 0.6) is 11.5 Å². The van der Waals surface area contributed by atoms with Gasteiger partial charge >= 0.3 is 7.12 Å². The van der Waals surface area contributed by atoms with Crippen molar-refractivity contribution in [3.8, 4) is 45.1 Å². The number of hydrogen-bond donors (Lipinski definition) is 0. The van der Waals surface area contributed by atoms with E-state index in [9.17, 15) is 0 Å². The maximum Gasteiger partial charge on any atom is 0.633 e. The van der Waals surface area contributed by atoms with Crippen LogP contribution in [-0.2, 0) is 0 Å². The van der Waals surface area contributed by atoms with E-state index in [0.717, 1.165) is 50.6 Å². The van der Waals surface area contributed by atoms with Crippen molar-refractivity contribution in [1.29, 1.82) is 0 Å². The topological polar surface area (TPSA) is 28.3 Å². The van der Waals surface area contributed by atoms with Crippen molar-refractivity contribution in [1.82, 2.24) is 9.13 Å². The predicted octanol–water partition coefficient (Wildman–Crippen LogP) is 14.4. The molecule has 0 bridgehead atoms. The van der Waals surface area contributed by atoms with Gasteiger partial charge in [0, 0.05) is 95.9 Å². The van der Waals surface area contributed by atoms with Gasteiger partial charge in [-0.3, -0.25) is 0 Å².